The van der Waals surface area contributed by atoms with Crippen LogP contribution in [-0.2, 0) is 6.42 Å². The maximum Gasteiger partial charge on any atom is 0.158 e. The van der Waals surface area contributed by atoms with Gasteiger partial charge in [0.15, 0.2) is 5.82 Å². The highest BCUT2D eigenvalue weighted by molar-refractivity contribution is 5.75. The summed E-state index contributed by atoms with van der Waals surface area (Å²) in [5, 5.41) is 3.37. The molecule has 0 spiro atoms. The van der Waals surface area contributed by atoms with Gasteiger partial charge in [-0.1, -0.05) is 39.0 Å². The van der Waals surface area contributed by atoms with E-state index in [9.17, 15) is 4.39 Å². The Hall–Kier alpha value is -3.48. The van der Waals surface area contributed by atoms with E-state index >= 15 is 0 Å². The number of benzene rings is 1. The summed E-state index contributed by atoms with van der Waals surface area (Å²) in [4.78, 5) is 18.4. The number of hydrogen-bond acceptors (Lipinski definition) is 6. The largest absolute Gasteiger partial charge is 0.372 e. The number of hydrogen-bond donors (Lipinski definition) is 1. The monoisotopic (exact) mass is 460 g/mol. The van der Waals surface area contributed by atoms with Crippen LogP contribution in [0.1, 0.15) is 38.9 Å². The molecule has 1 atom stereocenters. The first-order valence-electron chi connectivity index (χ1n) is 12.0. The highest BCUT2D eigenvalue weighted by atomic mass is 19.1. The molecule has 0 saturated heterocycles. The Morgan fingerprint density at radius 2 is 2.03 bits per heavy atom. The van der Waals surface area contributed by atoms with Crippen molar-refractivity contribution in [1.29, 1.82) is 0 Å². The number of aryl methyl sites for hydroxylation is 1. The van der Waals surface area contributed by atoms with Crippen molar-refractivity contribution in [3.63, 3.8) is 0 Å². The van der Waals surface area contributed by atoms with Crippen molar-refractivity contribution in [1.82, 2.24) is 15.0 Å². The molecule has 1 aliphatic heterocycles. The maximum absolute atomic E-state index is 13.8. The van der Waals surface area contributed by atoms with Gasteiger partial charge in [-0.25, -0.2) is 19.3 Å². The van der Waals surface area contributed by atoms with E-state index < -0.39 is 0 Å². The molecule has 0 fully saturated rings. The van der Waals surface area contributed by atoms with Crippen LogP contribution in [0, 0.1) is 11.7 Å². The molecule has 3 heterocycles. The van der Waals surface area contributed by atoms with Gasteiger partial charge in [-0.15, -0.1) is 0 Å². The zero-order chi connectivity index (χ0) is 24.1. The Balaban J connectivity index is 1.59. The van der Waals surface area contributed by atoms with Crippen LogP contribution >= 0.6 is 0 Å². The topological polar surface area (TPSA) is 57.2 Å². The average Bonchev–Trinajstić information content (AvgIpc) is 3.01. The molecule has 1 unspecified atom stereocenters. The first-order valence-corrected chi connectivity index (χ1v) is 12.0. The summed E-state index contributed by atoms with van der Waals surface area (Å²) in [5.41, 5.74) is 2.48. The molecule has 0 saturated carbocycles. The first-order chi connectivity index (χ1) is 16.4. The van der Waals surface area contributed by atoms with Gasteiger partial charge < -0.3 is 15.1 Å². The van der Waals surface area contributed by atoms with Gasteiger partial charge in [0.1, 0.15) is 23.3 Å². The SMILES string of the molecule is C=C(Nc1ccnc(CCC(C)CC)n1)N1CCCN(C)c2ccc(-c3cccc(F)c3)nc21. The van der Waals surface area contributed by atoms with Crippen LogP contribution in [0.5, 0.6) is 0 Å². The summed E-state index contributed by atoms with van der Waals surface area (Å²) in [6.45, 7) is 10.4. The van der Waals surface area contributed by atoms with Gasteiger partial charge in [-0.3, -0.25) is 0 Å². The van der Waals surface area contributed by atoms with Crippen molar-refractivity contribution in [2.45, 2.75) is 39.5 Å². The van der Waals surface area contributed by atoms with E-state index in [1.54, 1.807) is 12.3 Å². The predicted octanol–water partition coefficient (Wildman–Crippen LogP) is 5.89. The van der Waals surface area contributed by atoms with Crippen molar-refractivity contribution in [2.24, 2.45) is 5.92 Å². The van der Waals surface area contributed by atoms with Crippen molar-refractivity contribution in [3.05, 3.63) is 72.7 Å². The molecular weight excluding hydrogens is 427 g/mol. The molecule has 4 rings (SSSR count). The van der Waals surface area contributed by atoms with E-state index in [1.807, 2.05) is 24.3 Å². The van der Waals surface area contributed by atoms with Crippen LogP contribution in [-0.4, -0.2) is 35.1 Å². The van der Waals surface area contributed by atoms with Crippen LogP contribution in [0.2, 0.25) is 0 Å². The summed E-state index contributed by atoms with van der Waals surface area (Å²) in [7, 11) is 2.07. The molecule has 0 radical (unpaired) electrons. The molecule has 1 aliphatic rings. The lowest BCUT2D eigenvalue weighted by molar-refractivity contribution is 0.509. The Labute approximate surface area is 201 Å². The number of pyridine rings is 1. The van der Waals surface area contributed by atoms with Gasteiger partial charge >= 0.3 is 0 Å². The fourth-order valence-electron chi connectivity index (χ4n) is 4.09. The number of nitrogens with zero attached hydrogens (tertiary/aromatic N) is 5. The quantitative estimate of drug-likeness (QED) is 0.453. The third-order valence-electron chi connectivity index (χ3n) is 6.38. The Morgan fingerprint density at radius 1 is 1.18 bits per heavy atom. The maximum atomic E-state index is 13.8. The molecular formula is C27H33FN6. The van der Waals surface area contributed by atoms with Crippen LogP contribution in [0.4, 0.5) is 21.7 Å². The van der Waals surface area contributed by atoms with Crippen LogP contribution in [0.25, 0.3) is 11.3 Å². The number of halogens is 1. The van der Waals surface area contributed by atoms with Gasteiger partial charge in [-0.2, -0.15) is 0 Å². The van der Waals surface area contributed by atoms with Gasteiger partial charge in [0.25, 0.3) is 0 Å². The van der Waals surface area contributed by atoms with E-state index in [-0.39, 0.29) is 5.82 Å². The van der Waals surface area contributed by atoms with Crippen LogP contribution in [0.3, 0.4) is 0 Å². The lowest BCUT2D eigenvalue weighted by Crippen LogP contribution is -2.28. The van der Waals surface area contributed by atoms with Crippen molar-refractivity contribution in [3.8, 4) is 11.3 Å². The molecule has 178 valence electrons. The van der Waals surface area contributed by atoms with Crippen LogP contribution < -0.4 is 15.1 Å². The lowest BCUT2D eigenvalue weighted by Gasteiger charge is -2.27. The zero-order valence-electron chi connectivity index (χ0n) is 20.3. The third kappa shape index (κ3) is 5.53. The fourth-order valence-corrected chi connectivity index (χ4v) is 4.09. The summed E-state index contributed by atoms with van der Waals surface area (Å²) in [5.74, 6) is 3.43. The van der Waals surface area contributed by atoms with Crippen LogP contribution in [0.15, 0.2) is 61.1 Å². The van der Waals surface area contributed by atoms with Crippen molar-refractivity contribution in [2.75, 3.05) is 35.3 Å². The van der Waals surface area contributed by atoms with Crippen molar-refractivity contribution >= 4 is 17.3 Å². The highest BCUT2D eigenvalue weighted by Crippen LogP contribution is 2.34. The summed E-state index contributed by atoms with van der Waals surface area (Å²) in [6, 6.07) is 12.4. The number of anilines is 3. The minimum atomic E-state index is -0.276. The Morgan fingerprint density at radius 3 is 2.82 bits per heavy atom. The third-order valence-corrected chi connectivity index (χ3v) is 6.38. The molecule has 3 aromatic rings. The molecule has 1 aromatic carbocycles. The summed E-state index contributed by atoms with van der Waals surface area (Å²) < 4.78 is 13.8. The summed E-state index contributed by atoms with van der Waals surface area (Å²) >= 11 is 0. The predicted molar refractivity (Wildman–Crippen MR) is 137 cm³/mol. The molecule has 2 aromatic heterocycles. The second-order valence-corrected chi connectivity index (χ2v) is 8.96. The second kappa shape index (κ2) is 10.6. The molecule has 0 aliphatic carbocycles. The first kappa shape index (κ1) is 23.7. The fraction of sp³-hybridized carbons (Fsp3) is 0.370. The van der Waals surface area contributed by atoms with Gasteiger partial charge in [0.2, 0.25) is 0 Å². The normalized spacial score (nSPS) is 14.4. The number of rotatable bonds is 8. The molecule has 1 N–H and O–H groups in total. The van der Waals surface area contributed by atoms with E-state index in [0.29, 0.717) is 11.7 Å². The summed E-state index contributed by atoms with van der Waals surface area (Å²) in [6.07, 6.45) is 5.82. The minimum Gasteiger partial charge on any atom is -0.372 e. The Bertz CT molecular complexity index is 1150. The van der Waals surface area contributed by atoms with E-state index in [4.69, 9.17) is 9.97 Å². The molecule has 34 heavy (non-hydrogen) atoms. The number of aromatic nitrogens is 3. The smallest absolute Gasteiger partial charge is 0.158 e. The second-order valence-electron chi connectivity index (χ2n) is 8.96. The van der Waals surface area contributed by atoms with Gasteiger partial charge in [0.05, 0.1) is 11.4 Å². The Kier molecular flexibility index (Phi) is 7.40. The van der Waals surface area contributed by atoms with Gasteiger partial charge in [0, 0.05) is 38.3 Å². The molecule has 6 nitrogen and oxygen atoms in total. The van der Waals surface area contributed by atoms with E-state index in [0.717, 1.165) is 73.2 Å². The standard InChI is InChI=1S/C27H33FN6/c1-5-19(2)10-13-25-29-15-14-26(32-25)30-20(3)34-17-7-16-33(4)24-12-11-23(31-27(24)34)21-8-6-9-22(28)18-21/h6,8-9,11-12,14-15,18-19H,3,5,7,10,13,16-17H2,1-2,4H3,(H,29,30,32). The van der Waals surface area contributed by atoms with Gasteiger partial charge in [-0.05, 0) is 49.1 Å². The lowest BCUT2D eigenvalue weighted by atomic mass is 10.0. The molecule has 0 bridgehead atoms. The molecule has 0 amide bonds. The minimum absolute atomic E-state index is 0.276. The van der Waals surface area contributed by atoms with E-state index in [1.165, 1.54) is 12.1 Å². The number of nitrogens with one attached hydrogen (secondary N) is 1. The number of fused-ring (bicyclic) bond motifs is 1. The highest BCUT2D eigenvalue weighted by Gasteiger charge is 2.23. The zero-order valence-corrected chi connectivity index (χ0v) is 20.3. The van der Waals surface area contributed by atoms with E-state index in [2.05, 4.69) is 47.6 Å². The average molecular weight is 461 g/mol. The van der Waals surface area contributed by atoms with Crippen molar-refractivity contribution < 1.29 is 4.39 Å². The molecule has 7 heteroatoms.